The van der Waals surface area contributed by atoms with E-state index in [-0.39, 0.29) is 29.6 Å². The summed E-state index contributed by atoms with van der Waals surface area (Å²) in [6.07, 6.45) is 6.70. The van der Waals surface area contributed by atoms with Crippen LogP contribution in [0.15, 0.2) is 0 Å². The van der Waals surface area contributed by atoms with E-state index in [9.17, 15) is 14.4 Å². The van der Waals surface area contributed by atoms with E-state index in [1.165, 1.54) is 0 Å². The van der Waals surface area contributed by atoms with Gasteiger partial charge in [-0.2, -0.15) is 0 Å². The Morgan fingerprint density at radius 1 is 0.828 bits per heavy atom. The molecule has 0 rings (SSSR count). The quantitative estimate of drug-likeness (QED) is 0.361. The van der Waals surface area contributed by atoms with Crippen LogP contribution >= 0.6 is 0 Å². The molecule has 3 N–H and O–H groups in total. The summed E-state index contributed by atoms with van der Waals surface area (Å²) < 4.78 is 0. The molecule has 0 radical (unpaired) electrons. The van der Waals surface area contributed by atoms with Gasteiger partial charge in [0.05, 0.1) is 11.8 Å². The fourth-order valence-electron chi connectivity index (χ4n) is 2.90. The van der Waals surface area contributed by atoms with E-state index in [1.807, 2.05) is 20.8 Å². The summed E-state index contributed by atoms with van der Waals surface area (Å²) >= 11 is 0. The minimum absolute atomic E-state index is 0.116. The molecule has 0 aliphatic heterocycles. The monoisotopic (exact) mass is 418 g/mol. The molecule has 0 saturated heterocycles. The van der Waals surface area contributed by atoms with Crippen molar-refractivity contribution in [2.45, 2.75) is 107 Å². The van der Waals surface area contributed by atoms with Gasteiger partial charge in [0, 0.05) is 6.42 Å². The van der Waals surface area contributed by atoms with Gasteiger partial charge in [-0.15, -0.1) is 0 Å². The van der Waals surface area contributed by atoms with Crippen LogP contribution < -0.4 is 0 Å². The number of hydrogen-bond donors (Lipinski definition) is 3. The third-order valence-electron chi connectivity index (χ3n) is 4.38. The maximum absolute atomic E-state index is 10.3. The third kappa shape index (κ3) is 26.4. The Bertz CT molecular complexity index is 439. The van der Waals surface area contributed by atoms with Gasteiger partial charge in [-0.25, -0.2) is 0 Å². The summed E-state index contributed by atoms with van der Waals surface area (Å²) in [7, 11) is 0. The highest BCUT2D eigenvalue weighted by atomic mass is 16.4. The van der Waals surface area contributed by atoms with Gasteiger partial charge >= 0.3 is 17.9 Å². The summed E-state index contributed by atoms with van der Waals surface area (Å²) in [5.41, 5.74) is 0.245. The standard InChI is InChI=1S/C9H18O2.2C7H14O2/c1-7(5-8(10)11)6-9(2,3)4;1-3-4-5-6(2)7(8)9;1-3-5-6(4-2)7(8)9/h7H,5-6H2,1-4H3,(H,10,11);2*6H,3-5H2,1-2H3,(H,8,9). The molecule has 0 aromatic carbocycles. The lowest BCUT2D eigenvalue weighted by molar-refractivity contribution is -0.142. The molecular weight excluding hydrogens is 372 g/mol. The molecule has 3 atom stereocenters. The van der Waals surface area contributed by atoms with Gasteiger partial charge in [0.25, 0.3) is 0 Å². The highest BCUT2D eigenvalue weighted by Crippen LogP contribution is 2.25. The summed E-state index contributed by atoms with van der Waals surface area (Å²) in [5, 5.41) is 25.4. The second-order valence-electron chi connectivity index (χ2n) is 9.08. The van der Waals surface area contributed by atoms with Crippen LogP contribution in [0, 0.1) is 23.2 Å². The van der Waals surface area contributed by atoms with Crippen molar-refractivity contribution in [1.29, 1.82) is 0 Å². The van der Waals surface area contributed by atoms with Crippen LogP contribution in [0.1, 0.15) is 107 Å². The SMILES string of the molecule is CC(CC(=O)O)CC(C)(C)C.CCCC(CC)C(=O)O.CCCCC(C)C(=O)O. The first-order valence-corrected chi connectivity index (χ1v) is 10.9. The second-order valence-corrected chi connectivity index (χ2v) is 9.08. The maximum Gasteiger partial charge on any atom is 0.306 e. The van der Waals surface area contributed by atoms with Crippen molar-refractivity contribution in [2.24, 2.45) is 23.2 Å². The van der Waals surface area contributed by atoms with Crippen LogP contribution in [0.25, 0.3) is 0 Å². The number of carboxylic acids is 3. The third-order valence-corrected chi connectivity index (χ3v) is 4.38. The Kier molecular flexibility index (Phi) is 20.4. The first-order valence-electron chi connectivity index (χ1n) is 10.9. The van der Waals surface area contributed by atoms with Crippen molar-refractivity contribution in [2.75, 3.05) is 0 Å². The highest BCUT2D eigenvalue weighted by molar-refractivity contribution is 5.70. The van der Waals surface area contributed by atoms with Gasteiger partial charge in [0.15, 0.2) is 0 Å². The zero-order valence-corrected chi connectivity index (χ0v) is 20.0. The normalized spacial score (nSPS) is 13.7. The molecule has 0 aliphatic carbocycles. The van der Waals surface area contributed by atoms with Crippen LogP contribution in [0.2, 0.25) is 0 Å². The number of carbonyl (C=O) groups is 3. The number of aliphatic carboxylic acids is 3. The van der Waals surface area contributed by atoms with E-state index >= 15 is 0 Å². The average molecular weight is 419 g/mol. The molecular formula is C23H46O6. The predicted molar refractivity (Wildman–Crippen MR) is 118 cm³/mol. The second kappa shape index (κ2) is 18.4. The molecule has 0 heterocycles. The van der Waals surface area contributed by atoms with Gasteiger partial charge in [-0.1, -0.05) is 74.7 Å². The lowest BCUT2D eigenvalue weighted by Crippen LogP contribution is -2.13. The molecule has 0 bridgehead atoms. The van der Waals surface area contributed by atoms with E-state index in [4.69, 9.17) is 15.3 Å². The summed E-state index contributed by atoms with van der Waals surface area (Å²) in [6.45, 7) is 16.1. The summed E-state index contributed by atoms with van der Waals surface area (Å²) in [4.78, 5) is 30.8. The molecule has 3 unspecified atom stereocenters. The van der Waals surface area contributed by atoms with E-state index in [2.05, 4.69) is 27.7 Å². The van der Waals surface area contributed by atoms with Crippen LogP contribution in [0.4, 0.5) is 0 Å². The molecule has 6 heteroatoms. The van der Waals surface area contributed by atoms with Gasteiger partial charge in [-0.3, -0.25) is 14.4 Å². The molecule has 0 amide bonds. The van der Waals surface area contributed by atoms with Gasteiger partial charge in [-0.05, 0) is 37.0 Å². The van der Waals surface area contributed by atoms with Crippen LogP contribution in [-0.4, -0.2) is 33.2 Å². The Hall–Kier alpha value is -1.59. The lowest BCUT2D eigenvalue weighted by atomic mass is 9.84. The fourth-order valence-corrected chi connectivity index (χ4v) is 2.90. The molecule has 0 fully saturated rings. The zero-order valence-electron chi connectivity index (χ0n) is 20.0. The van der Waals surface area contributed by atoms with Crippen molar-refractivity contribution < 1.29 is 29.7 Å². The first-order chi connectivity index (χ1) is 13.2. The Labute approximate surface area is 178 Å². The molecule has 0 aliphatic rings. The van der Waals surface area contributed by atoms with Gasteiger partial charge < -0.3 is 15.3 Å². The van der Waals surface area contributed by atoms with E-state index < -0.39 is 17.9 Å². The van der Waals surface area contributed by atoms with Gasteiger partial charge in [0.2, 0.25) is 0 Å². The number of hydrogen-bond acceptors (Lipinski definition) is 3. The molecule has 6 nitrogen and oxygen atoms in total. The van der Waals surface area contributed by atoms with Crippen LogP contribution in [0.5, 0.6) is 0 Å². The molecule has 0 aromatic heterocycles. The largest absolute Gasteiger partial charge is 0.481 e. The lowest BCUT2D eigenvalue weighted by Gasteiger charge is -2.21. The molecule has 0 spiro atoms. The molecule has 174 valence electrons. The predicted octanol–water partition coefficient (Wildman–Crippen LogP) is 6.33. The number of rotatable bonds is 11. The van der Waals surface area contributed by atoms with E-state index in [1.54, 1.807) is 6.92 Å². The summed E-state index contributed by atoms with van der Waals surface area (Å²) in [5.74, 6) is -2.02. The average Bonchev–Trinajstić information content (AvgIpc) is 2.55. The molecule has 29 heavy (non-hydrogen) atoms. The number of unbranched alkanes of at least 4 members (excludes halogenated alkanes) is 1. The summed E-state index contributed by atoms with van der Waals surface area (Å²) in [6, 6.07) is 0. The van der Waals surface area contributed by atoms with Crippen molar-refractivity contribution in [1.82, 2.24) is 0 Å². The number of carboxylic acid groups (broad SMARTS) is 3. The topological polar surface area (TPSA) is 112 Å². The Balaban J connectivity index is -0.000000352. The highest BCUT2D eigenvalue weighted by Gasteiger charge is 2.17. The van der Waals surface area contributed by atoms with Crippen LogP contribution in [0.3, 0.4) is 0 Å². The Morgan fingerprint density at radius 3 is 1.59 bits per heavy atom. The van der Waals surface area contributed by atoms with Crippen molar-refractivity contribution in [3.05, 3.63) is 0 Å². The zero-order chi connectivity index (χ0) is 23.6. The van der Waals surface area contributed by atoms with Crippen molar-refractivity contribution in [3.63, 3.8) is 0 Å². The minimum atomic E-state index is -0.693. The van der Waals surface area contributed by atoms with Crippen molar-refractivity contribution in [3.8, 4) is 0 Å². The Morgan fingerprint density at radius 2 is 1.34 bits per heavy atom. The van der Waals surface area contributed by atoms with Crippen LogP contribution in [-0.2, 0) is 14.4 Å². The maximum atomic E-state index is 10.3. The van der Waals surface area contributed by atoms with E-state index in [0.29, 0.717) is 0 Å². The molecule has 0 saturated carbocycles. The van der Waals surface area contributed by atoms with Gasteiger partial charge in [0.1, 0.15) is 0 Å². The fraction of sp³-hybridized carbons (Fsp3) is 0.870. The molecule has 0 aromatic rings. The van der Waals surface area contributed by atoms with Crippen molar-refractivity contribution >= 4 is 17.9 Å². The minimum Gasteiger partial charge on any atom is -0.481 e. The van der Waals surface area contributed by atoms with E-state index in [0.717, 1.165) is 44.9 Å². The smallest absolute Gasteiger partial charge is 0.306 e. The first kappa shape index (κ1) is 32.1.